The Morgan fingerprint density at radius 3 is 2.30 bits per heavy atom. The van der Waals surface area contributed by atoms with Crippen LogP contribution in [0.15, 0.2) is 36.4 Å². The Morgan fingerprint density at radius 1 is 1.15 bits per heavy atom. The van der Waals surface area contributed by atoms with Crippen molar-refractivity contribution in [2.75, 3.05) is 7.11 Å². The third kappa shape index (κ3) is 2.71. The number of hydrogen-bond donors (Lipinski definition) is 1. The van der Waals surface area contributed by atoms with Gasteiger partial charge in [-0.15, -0.1) is 0 Å². The minimum atomic E-state index is -0.987. The molecule has 1 atom stereocenters. The summed E-state index contributed by atoms with van der Waals surface area (Å²) in [6.07, 6.45) is -0.987. The van der Waals surface area contributed by atoms with Crippen molar-refractivity contribution in [3.8, 4) is 5.75 Å². The van der Waals surface area contributed by atoms with E-state index in [9.17, 15) is 9.59 Å². The zero-order valence-corrected chi connectivity index (χ0v) is 11.3. The maximum atomic E-state index is 12.1. The highest BCUT2D eigenvalue weighted by atomic mass is 16.5. The molecule has 5 heteroatoms. The molecule has 1 amide bonds. The van der Waals surface area contributed by atoms with Crippen molar-refractivity contribution in [3.05, 3.63) is 42.0 Å². The second-order valence-electron chi connectivity index (χ2n) is 4.35. The van der Waals surface area contributed by atoms with Crippen molar-refractivity contribution >= 4 is 22.6 Å². The van der Waals surface area contributed by atoms with Gasteiger partial charge in [-0.2, -0.15) is 0 Å². The van der Waals surface area contributed by atoms with E-state index in [1.165, 1.54) is 14.0 Å². The van der Waals surface area contributed by atoms with E-state index in [4.69, 9.17) is 15.2 Å². The lowest BCUT2D eigenvalue weighted by molar-refractivity contribution is -0.125. The number of methoxy groups -OCH3 is 1. The Hall–Kier alpha value is -2.56. The zero-order valence-electron chi connectivity index (χ0n) is 11.3. The van der Waals surface area contributed by atoms with E-state index in [-0.39, 0.29) is 5.56 Å². The van der Waals surface area contributed by atoms with Crippen LogP contribution in [0.4, 0.5) is 0 Å². The summed E-state index contributed by atoms with van der Waals surface area (Å²) >= 11 is 0. The number of esters is 1. The summed E-state index contributed by atoms with van der Waals surface area (Å²) in [5.41, 5.74) is 5.34. The molecule has 0 saturated heterocycles. The fraction of sp³-hybridized carbons (Fsp3) is 0.200. The number of nitrogens with two attached hydrogens (primary N) is 1. The lowest BCUT2D eigenvalue weighted by atomic mass is 10.1. The molecule has 0 bridgehead atoms. The summed E-state index contributed by atoms with van der Waals surface area (Å²) in [7, 11) is 1.47. The van der Waals surface area contributed by atoms with E-state index in [2.05, 4.69) is 0 Å². The molecule has 0 spiro atoms. The lowest BCUT2D eigenvalue weighted by Crippen LogP contribution is -2.30. The Balaban J connectivity index is 2.41. The SMILES string of the molecule is COc1cc2ccccc2cc1C(=O)O[C@H](C)C(N)=O. The largest absolute Gasteiger partial charge is 0.496 e. The first-order valence-corrected chi connectivity index (χ1v) is 6.10. The molecule has 20 heavy (non-hydrogen) atoms. The average Bonchev–Trinajstić information content (AvgIpc) is 2.45. The van der Waals surface area contributed by atoms with E-state index in [1.807, 2.05) is 24.3 Å². The van der Waals surface area contributed by atoms with E-state index in [1.54, 1.807) is 12.1 Å². The quantitative estimate of drug-likeness (QED) is 0.863. The second-order valence-corrected chi connectivity index (χ2v) is 4.35. The molecule has 2 rings (SSSR count). The maximum Gasteiger partial charge on any atom is 0.342 e. The summed E-state index contributed by atoms with van der Waals surface area (Å²) in [5.74, 6) is -0.942. The van der Waals surface area contributed by atoms with Crippen LogP contribution in [0.5, 0.6) is 5.75 Å². The van der Waals surface area contributed by atoms with Gasteiger partial charge < -0.3 is 15.2 Å². The van der Waals surface area contributed by atoms with Gasteiger partial charge in [0.2, 0.25) is 0 Å². The minimum Gasteiger partial charge on any atom is -0.496 e. The van der Waals surface area contributed by atoms with Crippen molar-refractivity contribution in [2.24, 2.45) is 5.73 Å². The first kappa shape index (κ1) is 13.9. The monoisotopic (exact) mass is 273 g/mol. The maximum absolute atomic E-state index is 12.1. The molecule has 2 aromatic rings. The van der Waals surface area contributed by atoms with E-state index in [0.29, 0.717) is 5.75 Å². The topological polar surface area (TPSA) is 78.6 Å². The number of rotatable bonds is 4. The highest BCUT2D eigenvalue weighted by molar-refractivity contribution is 5.99. The number of primary amides is 1. The van der Waals surface area contributed by atoms with Crippen LogP contribution in [0.3, 0.4) is 0 Å². The number of benzene rings is 2. The molecule has 0 heterocycles. The number of carbonyl (C=O) groups excluding carboxylic acids is 2. The number of fused-ring (bicyclic) bond motifs is 1. The molecule has 5 nitrogen and oxygen atoms in total. The standard InChI is InChI=1S/C15H15NO4/c1-9(14(16)17)20-15(18)12-7-10-5-3-4-6-11(10)8-13(12)19-2/h3-9H,1-2H3,(H2,16,17)/t9-/m1/s1. The van der Waals surface area contributed by atoms with Crippen LogP contribution >= 0.6 is 0 Å². The summed E-state index contributed by atoms with van der Waals surface area (Å²) in [5, 5.41) is 1.83. The lowest BCUT2D eigenvalue weighted by Gasteiger charge is -2.13. The molecule has 0 unspecified atom stereocenters. The Labute approximate surface area is 116 Å². The molecule has 2 N–H and O–H groups in total. The fourth-order valence-electron chi connectivity index (χ4n) is 1.83. The van der Waals surface area contributed by atoms with Crippen molar-refractivity contribution in [1.29, 1.82) is 0 Å². The van der Waals surface area contributed by atoms with Crippen LogP contribution in [-0.4, -0.2) is 25.1 Å². The van der Waals surface area contributed by atoms with Gasteiger partial charge in [-0.25, -0.2) is 4.79 Å². The van der Waals surface area contributed by atoms with Crippen LogP contribution in [0.25, 0.3) is 10.8 Å². The molecule has 0 aromatic heterocycles. The van der Waals surface area contributed by atoms with Gasteiger partial charge in [0.15, 0.2) is 6.10 Å². The molecule has 0 aliphatic heterocycles. The van der Waals surface area contributed by atoms with Crippen LogP contribution in [0.1, 0.15) is 17.3 Å². The van der Waals surface area contributed by atoms with Crippen molar-refractivity contribution in [1.82, 2.24) is 0 Å². The molecular formula is C15H15NO4. The number of amides is 1. The van der Waals surface area contributed by atoms with Gasteiger partial charge in [0.25, 0.3) is 5.91 Å². The van der Waals surface area contributed by atoms with Crippen molar-refractivity contribution in [3.63, 3.8) is 0 Å². The summed E-state index contributed by atoms with van der Waals surface area (Å²) in [6.45, 7) is 1.42. The van der Waals surface area contributed by atoms with Crippen molar-refractivity contribution < 1.29 is 19.1 Å². The van der Waals surface area contributed by atoms with E-state index >= 15 is 0 Å². The van der Waals surface area contributed by atoms with Gasteiger partial charge in [0, 0.05) is 0 Å². The van der Waals surface area contributed by atoms with E-state index in [0.717, 1.165) is 10.8 Å². The average molecular weight is 273 g/mol. The third-order valence-corrected chi connectivity index (χ3v) is 2.97. The van der Waals surface area contributed by atoms with Crippen LogP contribution < -0.4 is 10.5 Å². The molecule has 0 aliphatic rings. The normalized spacial score (nSPS) is 11.9. The third-order valence-electron chi connectivity index (χ3n) is 2.97. The van der Waals surface area contributed by atoms with Gasteiger partial charge in [-0.3, -0.25) is 4.79 Å². The molecule has 0 saturated carbocycles. The van der Waals surface area contributed by atoms with E-state index < -0.39 is 18.0 Å². The predicted octanol–water partition coefficient (Wildman–Crippen LogP) is 1.88. The Kier molecular flexibility index (Phi) is 3.89. The molecular weight excluding hydrogens is 258 g/mol. The Morgan fingerprint density at radius 2 is 1.75 bits per heavy atom. The first-order valence-electron chi connectivity index (χ1n) is 6.10. The van der Waals surface area contributed by atoms with Gasteiger partial charge in [0.05, 0.1) is 7.11 Å². The number of carbonyl (C=O) groups is 2. The highest BCUT2D eigenvalue weighted by Gasteiger charge is 2.20. The van der Waals surface area contributed by atoms with Crippen molar-refractivity contribution in [2.45, 2.75) is 13.0 Å². The Bertz CT molecular complexity index is 666. The van der Waals surface area contributed by atoms with Crippen LogP contribution in [0, 0.1) is 0 Å². The molecule has 0 aliphatic carbocycles. The van der Waals surface area contributed by atoms with Gasteiger partial charge >= 0.3 is 5.97 Å². The predicted molar refractivity (Wildman–Crippen MR) is 74.6 cm³/mol. The molecule has 0 radical (unpaired) electrons. The number of hydrogen-bond acceptors (Lipinski definition) is 4. The molecule has 0 fully saturated rings. The number of ether oxygens (including phenoxy) is 2. The van der Waals surface area contributed by atoms with Gasteiger partial charge in [-0.1, -0.05) is 24.3 Å². The first-order chi connectivity index (χ1) is 9.52. The summed E-state index contributed by atoms with van der Waals surface area (Å²) in [6, 6.07) is 11.0. The second kappa shape index (κ2) is 5.61. The highest BCUT2D eigenvalue weighted by Crippen LogP contribution is 2.26. The van der Waals surface area contributed by atoms with Crippen LogP contribution in [-0.2, 0) is 9.53 Å². The minimum absolute atomic E-state index is 0.263. The fourth-order valence-corrected chi connectivity index (χ4v) is 1.83. The zero-order chi connectivity index (χ0) is 14.7. The summed E-state index contributed by atoms with van der Waals surface area (Å²) in [4.78, 5) is 23.0. The van der Waals surface area contributed by atoms with Gasteiger partial charge in [-0.05, 0) is 29.8 Å². The van der Waals surface area contributed by atoms with Gasteiger partial charge in [0.1, 0.15) is 11.3 Å². The smallest absolute Gasteiger partial charge is 0.342 e. The summed E-state index contributed by atoms with van der Waals surface area (Å²) < 4.78 is 10.2. The molecule has 2 aromatic carbocycles. The van der Waals surface area contributed by atoms with Crippen LogP contribution in [0.2, 0.25) is 0 Å². The molecule has 104 valence electrons.